The van der Waals surface area contributed by atoms with E-state index in [1.165, 1.54) is 18.1 Å². The fourth-order valence-corrected chi connectivity index (χ4v) is 4.97. The number of nitrogens with zero attached hydrogens (tertiary/aromatic N) is 1. The Morgan fingerprint density at radius 3 is 2.53 bits per heavy atom. The molecule has 4 rings (SSSR count). The summed E-state index contributed by atoms with van der Waals surface area (Å²) in [4.78, 5) is 39.0. The van der Waals surface area contributed by atoms with E-state index in [1.807, 2.05) is 0 Å². The summed E-state index contributed by atoms with van der Waals surface area (Å²) in [6.45, 7) is 0.214. The third-order valence-electron chi connectivity index (χ3n) is 5.75. The first kappa shape index (κ1) is 24.6. The molecule has 2 aliphatic rings. The van der Waals surface area contributed by atoms with Gasteiger partial charge in [0.15, 0.2) is 11.5 Å². The number of carbonyl (C=O) groups is 3. The van der Waals surface area contributed by atoms with E-state index in [0.717, 1.165) is 31.2 Å². The Kier molecular flexibility index (Phi) is 7.50. The number of rotatable bonds is 6. The minimum atomic E-state index is -0.723. The van der Waals surface area contributed by atoms with Crippen LogP contribution in [0, 0.1) is 0 Å². The molecule has 1 N–H and O–H groups in total. The lowest BCUT2D eigenvalue weighted by molar-refractivity contribution is -0.131. The van der Waals surface area contributed by atoms with Crippen LogP contribution in [0.15, 0.2) is 40.4 Å². The van der Waals surface area contributed by atoms with Crippen LogP contribution in [0.4, 0.5) is 4.79 Å². The molecular formula is C24H21BrCl2N2O5. The molecule has 0 bridgehead atoms. The van der Waals surface area contributed by atoms with Crippen molar-refractivity contribution in [3.05, 3.63) is 61.5 Å². The van der Waals surface area contributed by atoms with Gasteiger partial charge in [-0.05, 0) is 70.2 Å². The van der Waals surface area contributed by atoms with E-state index in [9.17, 15) is 14.4 Å². The Bertz CT molecular complexity index is 1190. The number of imide groups is 2. The fourth-order valence-electron chi connectivity index (χ4n) is 4.08. The van der Waals surface area contributed by atoms with Crippen LogP contribution in [0.5, 0.6) is 11.5 Å². The monoisotopic (exact) mass is 566 g/mol. The standard InChI is InChI=1S/C24H21BrCl2N2O5/c1-33-20-11-14(9-17(25)21(20)34-12-13-6-7-18(26)19(27)10-13)8-16-22(30)28-24(32)29(23(16)31)15-4-2-3-5-15/h6-11,15H,2-5,12H2,1H3,(H,28,30,32)/b16-8+. The van der Waals surface area contributed by atoms with Crippen molar-refractivity contribution < 1.29 is 23.9 Å². The average molecular weight is 568 g/mol. The summed E-state index contributed by atoms with van der Waals surface area (Å²) in [6, 6.07) is 7.71. The first-order chi connectivity index (χ1) is 16.3. The molecule has 0 aromatic heterocycles. The Labute approximate surface area is 215 Å². The number of hydrogen-bond acceptors (Lipinski definition) is 5. The maximum absolute atomic E-state index is 13.0. The smallest absolute Gasteiger partial charge is 0.331 e. The zero-order valence-corrected chi connectivity index (χ0v) is 21.3. The number of hydrogen-bond donors (Lipinski definition) is 1. The molecule has 2 aromatic carbocycles. The maximum Gasteiger partial charge on any atom is 0.331 e. The van der Waals surface area contributed by atoms with E-state index in [1.54, 1.807) is 30.3 Å². The average Bonchev–Trinajstić information content (AvgIpc) is 3.32. The number of barbiturate groups is 1. The van der Waals surface area contributed by atoms with Crippen LogP contribution in [0.2, 0.25) is 10.0 Å². The highest BCUT2D eigenvalue weighted by molar-refractivity contribution is 9.10. The molecule has 2 aromatic rings. The van der Waals surface area contributed by atoms with Crippen molar-refractivity contribution >= 4 is 63.1 Å². The minimum absolute atomic E-state index is 0.107. The van der Waals surface area contributed by atoms with E-state index in [0.29, 0.717) is 31.6 Å². The molecule has 0 atom stereocenters. The van der Waals surface area contributed by atoms with Crippen LogP contribution >= 0.6 is 39.1 Å². The number of nitrogens with one attached hydrogen (secondary N) is 1. The highest BCUT2D eigenvalue weighted by Crippen LogP contribution is 2.38. The summed E-state index contributed by atoms with van der Waals surface area (Å²) in [5.74, 6) is -0.471. The van der Waals surface area contributed by atoms with Crippen LogP contribution in [0.3, 0.4) is 0 Å². The number of benzene rings is 2. The van der Waals surface area contributed by atoms with E-state index in [2.05, 4.69) is 21.2 Å². The van der Waals surface area contributed by atoms with Crippen LogP contribution in [0.25, 0.3) is 6.08 Å². The van der Waals surface area contributed by atoms with Gasteiger partial charge in [-0.25, -0.2) is 4.79 Å². The quantitative estimate of drug-likeness (QED) is 0.355. The van der Waals surface area contributed by atoms with Crippen molar-refractivity contribution in [1.29, 1.82) is 0 Å². The number of ether oxygens (including phenoxy) is 2. The number of carbonyl (C=O) groups excluding carboxylic acids is 3. The van der Waals surface area contributed by atoms with Crippen molar-refractivity contribution in [2.75, 3.05) is 7.11 Å². The lowest BCUT2D eigenvalue weighted by atomic mass is 10.0. The van der Waals surface area contributed by atoms with Crippen LogP contribution in [0.1, 0.15) is 36.8 Å². The first-order valence-corrected chi connectivity index (χ1v) is 12.2. The predicted octanol–water partition coefficient (Wildman–Crippen LogP) is 5.75. The van der Waals surface area contributed by atoms with E-state index < -0.39 is 17.8 Å². The Hall–Kier alpha value is -2.55. The second-order valence-electron chi connectivity index (χ2n) is 8.00. The molecule has 1 aliphatic heterocycles. The lowest BCUT2D eigenvalue weighted by Gasteiger charge is -2.31. The summed E-state index contributed by atoms with van der Waals surface area (Å²) in [5, 5.41) is 3.16. The van der Waals surface area contributed by atoms with Gasteiger partial charge in [-0.2, -0.15) is 0 Å². The molecule has 0 unspecified atom stereocenters. The van der Waals surface area contributed by atoms with Gasteiger partial charge in [0.2, 0.25) is 0 Å². The third kappa shape index (κ3) is 5.09. The second kappa shape index (κ2) is 10.4. The number of urea groups is 1. The number of methoxy groups -OCH3 is 1. The Balaban J connectivity index is 1.59. The maximum atomic E-state index is 13.0. The summed E-state index contributed by atoms with van der Waals surface area (Å²) < 4.78 is 12.0. The predicted molar refractivity (Wildman–Crippen MR) is 132 cm³/mol. The number of halogens is 3. The van der Waals surface area contributed by atoms with E-state index in [-0.39, 0.29) is 18.2 Å². The minimum Gasteiger partial charge on any atom is -0.493 e. The van der Waals surface area contributed by atoms with Crippen molar-refractivity contribution in [1.82, 2.24) is 10.2 Å². The Morgan fingerprint density at radius 2 is 1.85 bits per heavy atom. The highest BCUT2D eigenvalue weighted by Gasteiger charge is 2.40. The van der Waals surface area contributed by atoms with Gasteiger partial charge in [-0.1, -0.05) is 42.1 Å². The van der Waals surface area contributed by atoms with Crippen molar-refractivity contribution in [2.24, 2.45) is 0 Å². The highest BCUT2D eigenvalue weighted by atomic mass is 79.9. The molecule has 34 heavy (non-hydrogen) atoms. The molecule has 7 nitrogen and oxygen atoms in total. The molecule has 2 fully saturated rings. The van der Waals surface area contributed by atoms with Gasteiger partial charge < -0.3 is 9.47 Å². The second-order valence-corrected chi connectivity index (χ2v) is 9.67. The molecule has 0 spiro atoms. The summed E-state index contributed by atoms with van der Waals surface area (Å²) in [7, 11) is 1.49. The molecule has 4 amide bonds. The summed E-state index contributed by atoms with van der Waals surface area (Å²) in [5.41, 5.74) is 1.24. The molecule has 1 saturated carbocycles. The van der Waals surface area contributed by atoms with E-state index >= 15 is 0 Å². The molecule has 0 radical (unpaired) electrons. The molecule has 178 valence electrons. The van der Waals surface area contributed by atoms with Gasteiger partial charge in [0.1, 0.15) is 12.2 Å². The third-order valence-corrected chi connectivity index (χ3v) is 7.08. The van der Waals surface area contributed by atoms with Gasteiger partial charge in [0.25, 0.3) is 11.8 Å². The molecule has 1 saturated heterocycles. The molecule has 1 aliphatic carbocycles. The lowest BCUT2D eigenvalue weighted by Crippen LogP contribution is -2.57. The van der Waals surface area contributed by atoms with E-state index in [4.69, 9.17) is 32.7 Å². The van der Waals surface area contributed by atoms with Crippen molar-refractivity contribution in [3.8, 4) is 11.5 Å². The topological polar surface area (TPSA) is 84.9 Å². The van der Waals surface area contributed by atoms with Crippen LogP contribution < -0.4 is 14.8 Å². The van der Waals surface area contributed by atoms with Crippen LogP contribution in [-0.4, -0.2) is 35.9 Å². The van der Waals surface area contributed by atoms with Gasteiger partial charge in [-0.3, -0.25) is 19.8 Å². The van der Waals surface area contributed by atoms with Crippen molar-refractivity contribution in [2.45, 2.75) is 38.3 Å². The first-order valence-electron chi connectivity index (χ1n) is 10.6. The fraction of sp³-hybridized carbons (Fsp3) is 0.292. The number of amides is 4. The molecular weight excluding hydrogens is 547 g/mol. The molecule has 10 heteroatoms. The van der Waals surface area contributed by atoms with Gasteiger partial charge in [-0.15, -0.1) is 0 Å². The zero-order chi connectivity index (χ0) is 24.4. The Morgan fingerprint density at radius 1 is 1.12 bits per heavy atom. The van der Waals surface area contributed by atoms with Gasteiger partial charge in [0.05, 0.1) is 21.6 Å². The molecule has 1 heterocycles. The largest absolute Gasteiger partial charge is 0.493 e. The van der Waals surface area contributed by atoms with Gasteiger partial charge >= 0.3 is 6.03 Å². The SMILES string of the molecule is COc1cc(/C=C2\C(=O)NC(=O)N(C3CCCC3)C2=O)cc(Br)c1OCc1ccc(Cl)c(Cl)c1. The zero-order valence-electron chi connectivity index (χ0n) is 18.2. The van der Waals surface area contributed by atoms with Gasteiger partial charge in [0, 0.05) is 6.04 Å². The van der Waals surface area contributed by atoms with Crippen molar-refractivity contribution in [3.63, 3.8) is 0 Å². The van der Waals surface area contributed by atoms with Crippen LogP contribution in [-0.2, 0) is 16.2 Å². The summed E-state index contributed by atoms with van der Waals surface area (Å²) >= 11 is 15.5. The normalized spacial score (nSPS) is 17.9. The summed E-state index contributed by atoms with van der Waals surface area (Å²) in [6.07, 6.45) is 4.82.